The minimum Gasteiger partial charge on any atom is -0.395 e. The first kappa shape index (κ1) is 22.4. The maximum atomic E-state index is 14.2. The number of nitrogens with zero attached hydrogens (tertiary/aromatic N) is 3. The molecule has 2 aromatic rings. The first-order valence-electron chi connectivity index (χ1n) is 11.9. The van der Waals surface area contributed by atoms with Gasteiger partial charge in [0.2, 0.25) is 11.8 Å². The highest BCUT2D eigenvalue weighted by Crippen LogP contribution is 2.61. The maximum Gasteiger partial charge on any atom is 0.251 e. The Bertz CT molecular complexity index is 1290. The van der Waals surface area contributed by atoms with Gasteiger partial charge < -0.3 is 19.8 Å². The molecular weight excluding hydrogens is 462 g/mol. The van der Waals surface area contributed by atoms with E-state index in [9.17, 15) is 19.5 Å². The number of thioether (sulfide) groups is 1. The van der Waals surface area contributed by atoms with E-state index in [0.29, 0.717) is 13.1 Å². The predicted octanol–water partition coefficient (Wildman–Crippen LogP) is 2.06. The van der Waals surface area contributed by atoms with Gasteiger partial charge in [-0.05, 0) is 22.9 Å². The number of benzene rings is 2. The van der Waals surface area contributed by atoms with Crippen LogP contribution in [-0.4, -0.2) is 82.0 Å². The predicted molar refractivity (Wildman–Crippen MR) is 136 cm³/mol. The minimum atomic E-state index is -0.859. The fourth-order valence-corrected chi connectivity index (χ4v) is 8.19. The van der Waals surface area contributed by atoms with Crippen molar-refractivity contribution in [2.24, 2.45) is 11.8 Å². The van der Waals surface area contributed by atoms with Gasteiger partial charge in [0.15, 0.2) is 0 Å². The molecule has 0 bridgehead atoms. The lowest BCUT2D eigenvalue weighted by Gasteiger charge is -2.35. The number of anilines is 1. The van der Waals surface area contributed by atoms with Crippen LogP contribution in [0.3, 0.4) is 0 Å². The third-order valence-corrected chi connectivity index (χ3v) is 9.49. The molecule has 3 amide bonds. The monoisotopic (exact) mass is 489 g/mol. The van der Waals surface area contributed by atoms with Gasteiger partial charge in [-0.2, -0.15) is 0 Å². The van der Waals surface area contributed by atoms with Crippen LogP contribution in [0, 0.1) is 11.8 Å². The second-order valence-electron chi connectivity index (χ2n) is 9.63. The molecular formula is C27H27N3O4S. The molecule has 1 N–H and O–H groups in total. The Morgan fingerprint density at radius 1 is 1.00 bits per heavy atom. The Balaban J connectivity index is 1.45. The lowest BCUT2D eigenvalue weighted by atomic mass is 9.78. The highest BCUT2D eigenvalue weighted by molar-refractivity contribution is 8.02. The van der Waals surface area contributed by atoms with Gasteiger partial charge in [0.25, 0.3) is 5.91 Å². The molecule has 5 atom stereocenters. The van der Waals surface area contributed by atoms with E-state index in [4.69, 9.17) is 0 Å². The molecule has 0 radical (unpaired) electrons. The van der Waals surface area contributed by atoms with Crippen LogP contribution in [0.2, 0.25) is 0 Å². The second-order valence-corrected chi connectivity index (χ2v) is 11.1. The molecule has 2 saturated heterocycles. The van der Waals surface area contributed by atoms with Gasteiger partial charge >= 0.3 is 0 Å². The third kappa shape index (κ3) is 3.19. The summed E-state index contributed by atoms with van der Waals surface area (Å²) in [6, 6.07) is 13.1. The average molecular weight is 490 g/mol. The van der Waals surface area contributed by atoms with Crippen molar-refractivity contribution in [2.45, 2.75) is 16.0 Å². The topological polar surface area (TPSA) is 81.2 Å². The van der Waals surface area contributed by atoms with Crippen molar-refractivity contribution in [1.29, 1.82) is 0 Å². The normalized spacial score (nSPS) is 32.1. The first-order chi connectivity index (χ1) is 17.0. The van der Waals surface area contributed by atoms with Crippen LogP contribution in [0.25, 0.3) is 10.8 Å². The average Bonchev–Trinajstić information content (AvgIpc) is 3.18. The van der Waals surface area contributed by atoms with E-state index in [1.165, 1.54) is 4.90 Å². The second kappa shape index (κ2) is 8.24. The molecule has 7 nitrogen and oxygen atoms in total. The fourth-order valence-electron chi connectivity index (χ4n) is 6.19. The lowest BCUT2D eigenvalue weighted by Crippen LogP contribution is -2.53. The first-order valence-corrected chi connectivity index (χ1v) is 12.8. The van der Waals surface area contributed by atoms with Crippen molar-refractivity contribution in [1.82, 2.24) is 9.80 Å². The fraction of sp³-hybridized carbons (Fsp3) is 0.370. The van der Waals surface area contributed by atoms with Gasteiger partial charge in [-0.25, -0.2) is 0 Å². The summed E-state index contributed by atoms with van der Waals surface area (Å²) >= 11 is 1.55. The number of β-amino-alcohol motifs (C(OH)–C–C–N with tert-alkyl or cyclic N) is 1. The zero-order valence-corrected chi connectivity index (χ0v) is 20.2. The molecule has 0 aromatic heterocycles. The zero-order chi connectivity index (χ0) is 24.3. The number of hydrogen-bond donors (Lipinski definition) is 1. The number of fused-ring (bicyclic) bond motifs is 3. The number of likely N-dealkylation sites (N-methyl/N-ethyl adjacent to an activating group) is 1. The van der Waals surface area contributed by atoms with Crippen molar-refractivity contribution >= 4 is 45.9 Å². The number of amides is 3. The van der Waals surface area contributed by atoms with Crippen LogP contribution >= 0.6 is 11.8 Å². The van der Waals surface area contributed by atoms with Crippen LogP contribution < -0.4 is 4.90 Å². The smallest absolute Gasteiger partial charge is 0.251 e. The highest BCUT2D eigenvalue weighted by Gasteiger charge is 2.70. The number of hydrogen-bond acceptors (Lipinski definition) is 5. The standard InChI is InChI=1S/C27H27N3O4S/c1-28-12-4-8-20-21(24(28)32)22-25(33)30(14-15-31)23-26(34)29(13-5-11-27(22,23)35-20)19-10-9-17-6-2-3-7-18(17)16-19/h2-11,16,20-23,31H,12-15H2,1H3/t20-,21+,22-,23?,27-/m0/s1. The van der Waals surface area contributed by atoms with Crippen molar-refractivity contribution < 1.29 is 19.5 Å². The quantitative estimate of drug-likeness (QED) is 0.668. The molecule has 0 aliphatic carbocycles. The Morgan fingerprint density at radius 3 is 2.60 bits per heavy atom. The van der Waals surface area contributed by atoms with Gasteiger partial charge in [0.05, 0.1) is 23.2 Å². The zero-order valence-electron chi connectivity index (χ0n) is 19.4. The van der Waals surface area contributed by atoms with E-state index < -0.39 is 22.6 Å². The minimum absolute atomic E-state index is 0.0602. The molecule has 1 spiro atoms. The SMILES string of the molecule is CN1CC=C[C@@H]2S[C@]34C=CCN(c5ccc6ccccc6c5)C(=O)C3N(CCO)C(=O)[C@@H]4[C@@H]2C1=O. The molecule has 4 aliphatic rings. The van der Waals surface area contributed by atoms with E-state index in [1.807, 2.05) is 66.8 Å². The Labute approximate surface area is 208 Å². The van der Waals surface area contributed by atoms with E-state index in [2.05, 4.69) is 0 Å². The summed E-state index contributed by atoms with van der Waals surface area (Å²) in [4.78, 5) is 46.3. The summed E-state index contributed by atoms with van der Waals surface area (Å²) in [5.41, 5.74) is 0.767. The van der Waals surface area contributed by atoms with Crippen LogP contribution in [0.5, 0.6) is 0 Å². The van der Waals surface area contributed by atoms with Crippen LogP contribution in [0.15, 0.2) is 66.8 Å². The van der Waals surface area contributed by atoms with Gasteiger partial charge in [-0.3, -0.25) is 14.4 Å². The number of aliphatic hydroxyl groups is 1. The Kier molecular flexibility index (Phi) is 5.27. The van der Waals surface area contributed by atoms with E-state index in [1.54, 1.807) is 28.6 Å². The van der Waals surface area contributed by atoms with Gasteiger partial charge in [-0.15, -0.1) is 11.8 Å². The highest BCUT2D eigenvalue weighted by atomic mass is 32.2. The van der Waals surface area contributed by atoms with E-state index >= 15 is 0 Å². The molecule has 4 heterocycles. The molecule has 1 unspecified atom stereocenters. The Morgan fingerprint density at radius 2 is 1.80 bits per heavy atom. The summed E-state index contributed by atoms with van der Waals surface area (Å²) in [5, 5.41) is 11.7. The summed E-state index contributed by atoms with van der Waals surface area (Å²) in [7, 11) is 1.75. The van der Waals surface area contributed by atoms with Crippen molar-refractivity contribution in [3.8, 4) is 0 Å². The number of likely N-dealkylation sites (tertiary alicyclic amines) is 1. The lowest BCUT2D eigenvalue weighted by molar-refractivity contribution is -0.142. The summed E-state index contributed by atoms with van der Waals surface area (Å²) < 4.78 is -0.859. The molecule has 0 saturated carbocycles. The number of carbonyl (C=O) groups is 3. The van der Waals surface area contributed by atoms with Crippen LogP contribution in [0.4, 0.5) is 5.69 Å². The number of carbonyl (C=O) groups excluding carboxylic acids is 3. The van der Waals surface area contributed by atoms with Crippen molar-refractivity contribution in [3.63, 3.8) is 0 Å². The maximum absolute atomic E-state index is 14.2. The third-order valence-electron chi connectivity index (χ3n) is 7.75. The summed E-state index contributed by atoms with van der Waals surface area (Å²) in [6.07, 6.45) is 7.96. The Hall–Kier alpha value is -3.10. The van der Waals surface area contributed by atoms with E-state index in [0.717, 1.165) is 16.5 Å². The van der Waals surface area contributed by atoms with Crippen LogP contribution in [0.1, 0.15) is 0 Å². The molecule has 8 heteroatoms. The van der Waals surface area contributed by atoms with Gasteiger partial charge in [0.1, 0.15) is 6.04 Å². The summed E-state index contributed by atoms with van der Waals surface area (Å²) in [5.74, 6) is -1.65. The molecule has 6 rings (SSSR count). The molecule has 180 valence electrons. The molecule has 4 aliphatic heterocycles. The van der Waals surface area contributed by atoms with Crippen LogP contribution in [-0.2, 0) is 14.4 Å². The number of aliphatic hydroxyl groups excluding tert-OH is 1. The molecule has 2 aromatic carbocycles. The van der Waals surface area contributed by atoms with Gasteiger partial charge in [-0.1, -0.05) is 54.6 Å². The van der Waals surface area contributed by atoms with E-state index in [-0.39, 0.29) is 36.1 Å². The van der Waals surface area contributed by atoms with Crippen molar-refractivity contribution in [2.75, 3.05) is 38.2 Å². The number of rotatable bonds is 3. The van der Waals surface area contributed by atoms with Crippen molar-refractivity contribution in [3.05, 3.63) is 66.8 Å². The molecule has 2 fully saturated rings. The molecule has 35 heavy (non-hydrogen) atoms. The van der Waals surface area contributed by atoms with Gasteiger partial charge in [0, 0.05) is 37.6 Å². The largest absolute Gasteiger partial charge is 0.395 e. The summed E-state index contributed by atoms with van der Waals surface area (Å²) in [6.45, 7) is 0.701.